The van der Waals surface area contributed by atoms with Gasteiger partial charge in [0.15, 0.2) is 12.4 Å². The second kappa shape index (κ2) is 10.1. The molecule has 0 spiro atoms. The SMILES string of the molecule is Cc1ccc(S(=O)(=O)N2CCCCC2C(=O)OCc2nc(N)nc(Nc3ccccc3)n2)cc1. The quantitative estimate of drug-likeness (QED) is 0.486. The average molecular weight is 483 g/mol. The summed E-state index contributed by atoms with van der Waals surface area (Å²) in [5.74, 6) is -0.304. The summed E-state index contributed by atoms with van der Waals surface area (Å²) in [5.41, 5.74) is 7.50. The number of hydrogen-bond acceptors (Lipinski definition) is 9. The zero-order chi connectivity index (χ0) is 24.1. The number of benzene rings is 2. The number of rotatable bonds is 7. The molecule has 11 heteroatoms. The second-order valence-electron chi connectivity index (χ2n) is 7.97. The molecule has 34 heavy (non-hydrogen) atoms. The Bertz CT molecular complexity index is 1250. The van der Waals surface area contributed by atoms with E-state index in [2.05, 4.69) is 20.3 Å². The van der Waals surface area contributed by atoms with Crippen molar-refractivity contribution in [1.29, 1.82) is 0 Å². The van der Waals surface area contributed by atoms with Gasteiger partial charge >= 0.3 is 5.97 Å². The van der Waals surface area contributed by atoms with E-state index in [0.29, 0.717) is 12.8 Å². The lowest BCUT2D eigenvalue weighted by Crippen LogP contribution is -2.48. The van der Waals surface area contributed by atoms with Crippen molar-refractivity contribution in [2.24, 2.45) is 0 Å². The summed E-state index contributed by atoms with van der Waals surface area (Å²) in [5, 5.41) is 3.01. The lowest BCUT2D eigenvalue weighted by atomic mass is 10.1. The minimum Gasteiger partial charge on any atom is -0.456 e. The van der Waals surface area contributed by atoms with Gasteiger partial charge in [-0.3, -0.25) is 4.79 Å². The number of carbonyl (C=O) groups is 1. The minimum absolute atomic E-state index is 0.0271. The van der Waals surface area contributed by atoms with Crippen LogP contribution in [0, 0.1) is 6.92 Å². The molecule has 2 heterocycles. The first-order valence-corrected chi connectivity index (χ1v) is 12.3. The Hall–Kier alpha value is -3.57. The lowest BCUT2D eigenvalue weighted by molar-refractivity contribution is -0.150. The average Bonchev–Trinajstić information content (AvgIpc) is 2.83. The van der Waals surface area contributed by atoms with Gasteiger partial charge in [-0.25, -0.2) is 8.42 Å². The number of para-hydroxylation sites is 1. The van der Waals surface area contributed by atoms with Crippen molar-refractivity contribution >= 4 is 33.6 Å². The Balaban J connectivity index is 1.47. The van der Waals surface area contributed by atoms with E-state index < -0.39 is 22.0 Å². The molecule has 1 unspecified atom stereocenters. The second-order valence-corrected chi connectivity index (χ2v) is 9.86. The summed E-state index contributed by atoms with van der Waals surface area (Å²) < 4.78 is 33.1. The number of ether oxygens (including phenoxy) is 1. The van der Waals surface area contributed by atoms with Crippen molar-refractivity contribution in [1.82, 2.24) is 19.3 Å². The van der Waals surface area contributed by atoms with Crippen LogP contribution in [0.1, 0.15) is 30.7 Å². The Morgan fingerprint density at radius 3 is 2.56 bits per heavy atom. The van der Waals surface area contributed by atoms with Gasteiger partial charge < -0.3 is 15.8 Å². The first-order chi connectivity index (χ1) is 16.3. The van der Waals surface area contributed by atoms with Gasteiger partial charge in [0.25, 0.3) is 0 Å². The number of nitrogen functional groups attached to an aromatic ring is 1. The molecule has 178 valence electrons. The number of nitrogens with one attached hydrogen (secondary N) is 1. The molecular formula is C23H26N6O4S. The van der Waals surface area contributed by atoms with Gasteiger partial charge in [0.05, 0.1) is 4.90 Å². The number of sulfonamides is 1. The summed E-state index contributed by atoms with van der Waals surface area (Å²) in [6.45, 7) is 1.87. The van der Waals surface area contributed by atoms with Crippen LogP contribution in [0.25, 0.3) is 0 Å². The van der Waals surface area contributed by atoms with Crippen molar-refractivity contribution in [3.05, 3.63) is 66.0 Å². The summed E-state index contributed by atoms with van der Waals surface area (Å²) >= 11 is 0. The highest BCUT2D eigenvalue weighted by Crippen LogP contribution is 2.26. The predicted octanol–water partition coefficient (Wildman–Crippen LogP) is 2.79. The van der Waals surface area contributed by atoms with Gasteiger partial charge in [0.1, 0.15) is 6.04 Å². The van der Waals surface area contributed by atoms with Crippen molar-refractivity contribution in [2.75, 3.05) is 17.6 Å². The van der Waals surface area contributed by atoms with E-state index in [9.17, 15) is 13.2 Å². The molecule has 0 amide bonds. The highest BCUT2D eigenvalue weighted by atomic mass is 32.2. The van der Waals surface area contributed by atoms with Crippen LogP contribution in [0.2, 0.25) is 0 Å². The van der Waals surface area contributed by atoms with Crippen molar-refractivity contribution < 1.29 is 17.9 Å². The maximum atomic E-state index is 13.2. The van der Waals surface area contributed by atoms with E-state index in [1.54, 1.807) is 24.3 Å². The third-order valence-electron chi connectivity index (χ3n) is 5.43. The minimum atomic E-state index is -3.84. The molecule has 0 radical (unpaired) electrons. The molecule has 2 aromatic carbocycles. The van der Waals surface area contributed by atoms with Crippen LogP contribution < -0.4 is 11.1 Å². The molecule has 1 atom stereocenters. The van der Waals surface area contributed by atoms with Crippen LogP contribution in [-0.2, 0) is 26.2 Å². The standard InChI is InChI=1S/C23H26N6O4S/c1-16-10-12-18(13-11-16)34(31,32)29-14-6-5-9-19(29)21(30)33-15-20-26-22(24)28-23(27-20)25-17-7-3-2-4-8-17/h2-4,7-8,10-13,19H,5-6,9,14-15H2,1H3,(H3,24,25,26,27,28). The van der Waals surface area contributed by atoms with Gasteiger partial charge in [-0.05, 0) is 50.5 Å². The van der Waals surface area contributed by atoms with E-state index in [0.717, 1.165) is 17.7 Å². The number of aromatic nitrogens is 3. The molecule has 1 aromatic heterocycles. The van der Waals surface area contributed by atoms with Crippen LogP contribution in [0.4, 0.5) is 17.6 Å². The van der Waals surface area contributed by atoms with Crippen molar-refractivity contribution in [2.45, 2.75) is 43.7 Å². The maximum Gasteiger partial charge on any atom is 0.324 e. The van der Waals surface area contributed by atoms with Crippen molar-refractivity contribution in [3.8, 4) is 0 Å². The fourth-order valence-electron chi connectivity index (χ4n) is 3.71. The Morgan fingerprint density at radius 2 is 1.82 bits per heavy atom. The topological polar surface area (TPSA) is 140 Å². The lowest BCUT2D eigenvalue weighted by Gasteiger charge is -2.33. The molecule has 10 nitrogen and oxygen atoms in total. The number of esters is 1. The van der Waals surface area contributed by atoms with Crippen LogP contribution in [0.3, 0.4) is 0 Å². The molecule has 0 aliphatic carbocycles. The third-order valence-corrected chi connectivity index (χ3v) is 7.35. The molecule has 4 rings (SSSR count). The molecular weight excluding hydrogens is 456 g/mol. The summed E-state index contributed by atoms with van der Waals surface area (Å²) in [7, 11) is -3.84. The van der Waals surface area contributed by atoms with Gasteiger partial charge in [0.2, 0.25) is 21.9 Å². The number of nitrogens with zero attached hydrogens (tertiary/aromatic N) is 4. The number of hydrogen-bond donors (Lipinski definition) is 2. The van der Waals surface area contributed by atoms with Crippen LogP contribution in [0.5, 0.6) is 0 Å². The van der Waals surface area contributed by atoms with E-state index in [-0.39, 0.29) is 35.8 Å². The molecule has 3 aromatic rings. The molecule has 1 saturated heterocycles. The van der Waals surface area contributed by atoms with E-state index in [1.165, 1.54) is 4.31 Å². The first-order valence-electron chi connectivity index (χ1n) is 10.9. The summed E-state index contributed by atoms with van der Waals surface area (Å²) in [6, 6.07) is 14.9. The van der Waals surface area contributed by atoms with Crippen LogP contribution in [-0.4, -0.2) is 46.2 Å². The maximum absolute atomic E-state index is 13.2. The van der Waals surface area contributed by atoms with Crippen LogP contribution in [0.15, 0.2) is 59.5 Å². The Kier molecular flexibility index (Phi) is 7.03. The van der Waals surface area contributed by atoms with E-state index in [1.807, 2.05) is 37.3 Å². The smallest absolute Gasteiger partial charge is 0.324 e. The molecule has 3 N–H and O–H groups in total. The van der Waals surface area contributed by atoms with Gasteiger partial charge in [-0.15, -0.1) is 0 Å². The highest BCUT2D eigenvalue weighted by molar-refractivity contribution is 7.89. The number of piperidine rings is 1. The largest absolute Gasteiger partial charge is 0.456 e. The zero-order valence-corrected chi connectivity index (χ0v) is 19.5. The van der Waals surface area contributed by atoms with Gasteiger partial charge in [0, 0.05) is 12.2 Å². The summed E-state index contributed by atoms with van der Waals surface area (Å²) in [4.78, 5) is 25.4. The van der Waals surface area contributed by atoms with Crippen LogP contribution >= 0.6 is 0 Å². The third kappa shape index (κ3) is 5.49. The van der Waals surface area contributed by atoms with E-state index in [4.69, 9.17) is 10.5 Å². The van der Waals surface area contributed by atoms with Gasteiger partial charge in [-0.1, -0.05) is 35.9 Å². The number of anilines is 3. The number of carbonyl (C=O) groups excluding carboxylic acids is 1. The zero-order valence-electron chi connectivity index (χ0n) is 18.7. The molecule has 1 aliphatic rings. The number of nitrogens with two attached hydrogens (primary N) is 1. The van der Waals surface area contributed by atoms with E-state index >= 15 is 0 Å². The summed E-state index contributed by atoms with van der Waals surface area (Å²) in [6.07, 6.45) is 1.78. The molecule has 0 bridgehead atoms. The molecule has 1 fully saturated rings. The molecule has 0 saturated carbocycles. The number of aryl methyl sites for hydroxylation is 1. The fraction of sp³-hybridized carbons (Fsp3) is 0.304. The Morgan fingerprint density at radius 1 is 1.09 bits per heavy atom. The Labute approximate surface area is 198 Å². The molecule has 1 aliphatic heterocycles. The van der Waals surface area contributed by atoms with Crippen molar-refractivity contribution in [3.63, 3.8) is 0 Å². The predicted molar refractivity (Wildman–Crippen MR) is 126 cm³/mol. The first kappa shape index (κ1) is 23.6. The fourth-order valence-corrected chi connectivity index (χ4v) is 5.36. The van der Waals surface area contributed by atoms with Gasteiger partial charge in [-0.2, -0.15) is 19.3 Å². The monoisotopic (exact) mass is 482 g/mol. The normalized spacial score (nSPS) is 16.7. The highest BCUT2D eigenvalue weighted by Gasteiger charge is 2.38.